The minimum Gasteiger partial charge on any atom is -0.219 e. The van der Waals surface area contributed by atoms with Gasteiger partial charge in [0, 0.05) is 0 Å². The topological polar surface area (TPSA) is 57.9 Å². The minimum absolute atomic E-state index is 0.187. The van der Waals surface area contributed by atoms with Crippen LogP contribution in [0.4, 0.5) is 26.3 Å². The lowest BCUT2D eigenvalue weighted by Crippen LogP contribution is -2.30. The molecule has 2 rings (SSSR count). The van der Waals surface area contributed by atoms with E-state index in [0.717, 1.165) is 12.1 Å². The predicted octanol–water partition coefficient (Wildman–Crippen LogP) is 4.80. The maximum atomic E-state index is 13.0. The largest absolute Gasteiger partial charge is 0.498 e. The van der Waals surface area contributed by atoms with Gasteiger partial charge in [-0.2, -0.15) is 31.6 Å². The summed E-state index contributed by atoms with van der Waals surface area (Å²) >= 11 is 0. The van der Waals surface area contributed by atoms with E-state index in [2.05, 4.69) is 0 Å². The van der Waals surface area contributed by atoms with Gasteiger partial charge in [0.2, 0.25) is 0 Å². The molecule has 2 aromatic carbocycles. The van der Waals surface area contributed by atoms with E-state index in [4.69, 9.17) is 5.26 Å². The molecule has 0 saturated heterocycles. The number of alkyl halides is 6. The molecule has 10 heteroatoms. The first kappa shape index (κ1) is 20.8. The van der Waals surface area contributed by atoms with Gasteiger partial charge in [0.05, 0.1) is 22.4 Å². The van der Waals surface area contributed by atoms with E-state index in [0.29, 0.717) is 12.1 Å². The van der Waals surface area contributed by atoms with Crippen molar-refractivity contribution in [1.29, 1.82) is 5.26 Å². The Morgan fingerprint density at radius 3 is 1.81 bits per heavy atom. The molecule has 0 fully saturated rings. The van der Waals surface area contributed by atoms with E-state index >= 15 is 0 Å². The van der Waals surface area contributed by atoms with Crippen molar-refractivity contribution < 1.29 is 34.8 Å². The van der Waals surface area contributed by atoms with Crippen molar-refractivity contribution in [3.8, 4) is 6.07 Å². The monoisotopic (exact) mass is 407 g/mol. The minimum atomic E-state index is -5.70. The Labute approximate surface area is 150 Å². The molecular formula is C17H11F6NO2S. The SMILES string of the molecule is N#Cc1ccc(CC(c2ccc(C(F)(F)F)cc2)S(=O)(=O)C(F)(F)F)cc1. The van der Waals surface area contributed by atoms with E-state index in [1.165, 1.54) is 24.3 Å². The van der Waals surface area contributed by atoms with E-state index in [1.54, 1.807) is 0 Å². The summed E-state index contributed by atoms with van der Waals surface area (Å²) in [6, 6.07) is 9.52. The van der Waals surface area contributed by atoms with Crippen molar-refractivity contribution in [2.75, 3.05) is 0 Å². The fraction of sp³-hybridized carbons (Fsp3) is 0.235. The van der Waals surface area contributed by atoms with Crippen LogP contribution in [-0.4, -0.2) is 13.9 Å². The van der Waals surface area contributed by atoms with Crippen LogP contribution in [-0.2, 0) is 22.4 Å². The van der Waals surface area contributed by atoms with Crippen LogP contribution in [0.1, 0.15) is 27.5 Å². The first-order valence-corrected chi connectivity index (χ1v) is 8.87. The van der Waals surface area contributed by atoms with Crippen LogP contribution in [0.25, 0.3) is 0 Å². The number of nitrogens with zero attached hydrogens (tertiary/aromatic N) is 1. The highest BCUT2D eigenvalue weighted by molar-refractivity contribution is 7.92. The van der Waals surface area contributed by atoms with Crippen LogP contribution in [0, 0.1) is 11.3 Å². The number of sulfone groups is 1. The molecule has 0 aliphatic carbocycles. The van der Waals surface area contributed by atoms with Crippen LogP contribution < -0.4 is 0 Å². The third-order valence-electron chi connectivity index (χ3n) is 3.81. The molecular weight excluding hydrogens is 396 g/mol. The van der Waals surface area contributed by atoms with Crippen LogP contribution in [0.3, 0.4) is 0 Å². The van der Waals surface area contributed by atoms with Gasteiger partial charge in [-0.05, 0) is 41.8 Å². The Morgan fingerprint density at radius 2 is 1.41 bits per heavy atom. The molecule has 0 spiro atoms. The lowest BCUT2D eigenvalue weighted by molar-refractivity contribution is -0.137. The summed E-state index contributed by atoms with van der Waals surface area (Å²) in [6.07, 6.45) is -5.32. The standard InChI is InChI=1S/C17H11F6NO2S/c18-16(19,20)14-7-5-13(6-8-14)15(27(25,26)17(21,22)23)9-11-1-3-12(10-24)4-2-11/h1-8,15H,9H2. The smallest absolute Gasteiger partial charge is 0.219 e. The zero-order chi connectivity index (χ0) is 20.5. The fourth-order valence-electron chi connectivity index (χ4n) is 2.38. The van der Waals surface area contributed by atoms with Gasteiger partial charge < -0.3 is 0 Å². The zero-order valence-electron chi connectivity index (χ0n) is 13.3. The number of hydrogen-bond acceptors (Lipinski definition) is 3. The first-order chi connectivity index (χ1) is 12.4. The number of hydrogen-bond donors (Lipinski definition) is 0. The summed E-state index contributed by atoms with van der Waals surface area (Å²) in [7, 11) is -5.70. The summed E-state index contributed by atoms with van der Waals surface area (Å²) in [6.45, 7) is 0. The second-order valence-corrected chi connectivity index (χ2v) is 7.73. The summed E-state index contributed by atoms with van der Waals surface area (Å²) in [4.78, 5) is 0. The molecule has 0 aliphatic rings. The summed E-state index contributed by atoms with van der Waals surface area (Å²) in [5.74, 6) is 0. The van der Waals surface area contributed by atoms with Gasteiger partial charge in [-0.3, -0.25) is 0 Å². The summed E-state index contributed by atoms with van der Waals surface area (Å²) < 4.78 is 101. The maximum Gasteiger partial charge on any atom is 0.498 e. The maximum absolute atomic E-state index is 13.0. The van der Waals surface area contributed by atoms with Gasteiger partial charge >= 0.3 is 11.7 Å². The highest BCUT2D eigenvalue weighted by Gasteiger charge is 2.51. The molecule has 144 valence electrons. The Morgan fingerprint density at radius 1 is 0.889 bits per heavy atom. The molecule has 2 aromatic rings. The van der Waals surface area contributed by atoms with Crippen LogP contribution in [0.15, 0.2) is 48.5 Å². The molecule has 0 radical (unpaired) electrons. The number of halogens is 6. The van der Waals surface area contributed by atoms with Crippen molar-refractivity contribution in [1.82, 2.24) is 0 Å². The Kier molecular flexibility index (Phi) is 5.56. The van der Waals surface area contributed by atoms with Crippen molar-refractivity contribution in [2.24, 2.45) is 0 Å². The lowest BCUT2D eigenvalue weighted by atomic mass is 10.0. The molecule has 0 bridgehead atoms. The number of benzene rings is 2. The van der Waals surface area contributed by atoms with Gasteiger partial charge in [0.15, 0.2) is 0 Å². The molecule has 1 atom stereocenters. The lowest BCUT2D eigenvalue weighted by Gasteiger charge is -2.20. The molecule has 0 aromatic heterocycles. The predicted molar refractivity (Wildman–Crippen MR) is 84.0 cm³/mol. The third-order valence-corrected chi connectivity index (χ3v) is 5.64. The number of rotatable bonds is 4. The number of nitriles is 1. The van der Waals surface area contributed by atoms with E-state index in [-0.39, 0.29) is 11.1 Å². The van der Waals surface area contributed by atoms with Crippen molar-refractivity contribution >= 4 is 9.84 Å². The van der Waals surface area contributed by atoms with Crippen LogP contribution in [0.2, 0.25) is 0 Å². The van der Waals surface area contributed by atoms with Gasteiger partial charge in [0.25, 0.3) is 9.84 Å². The highest BCUT2D eigenvalue weighted by atomic mass is 32.2. The van der Waals surface area contributed by atoms with E-state index in [9.17, 15) is 34.8 Å². The van der Waals surface area contributed by atoms with Gasteiger partial charge in [-0.1, -0.05) is 24.3 Å². The van der Waals surface area contributed by atoms with Gasteiger partial charge in [0.1, 0.15) is 0 Å². The van der Waals surface area contributed by atoms with Crippen LogP contribution >= 0.6 is 0 Å². The van der Waals surface area contributed by atoms with Crippen molar-refractivity contribution in [3.63, 3.8) is 0 Å². The summed E-state index contributed by atoms with van der Waals surface area (Å²) in [5, 5.41) is 6.61. The molecule has 3 nitrogen and oxygen atoms in total. The first-order valence-electron chi connectivity index (χ1n) is 7.32. The van der Waals surface area contributed by atoms with Crippen molar-refractivity contribution in [2.45, 2.75) is 23.4 Å². The quantitative estimate of drug-likeness (QED) is 0.685. The van der Waals surface area contributed by atoms with Gasteiger partial charge in [-0.25, -0.2) is 8.42 Å². The second kappa shape index (κ2) is 7.23. The molecule has 0 amide bonds. The van der Waals surface area contributed by atoms with Crippen LogP contribution in [0.5, 0.6) is 0 Å². The average molecular weight is 407 g/mol. The third kappa shape index (κ3) is 4.60. The molecule has 0 heterocycles. The van der Waals surface area contributed by atoms with Gasteiger partial charge in [-0.15, -0.1) is 0 Å². The average Bonchev–Trinajstić information content (AvgIpc) is 2.58. The Bertz CT molecular complexity index is 939. The van der Waals surface area contributed by atoms with E-state index < -0.39 is 44.3 Å². The molecule has 27 heavy (non-hydrogen) atoms. The molecule has 0 saturated carbocycles. The summed E-state index contributed by atoms with van der Waals surface area (Å²) in [5.41, 5.74) is -6.68. The molecule has 0 aliphatic heterocycles. The highest BCUT2D eigenvalue weighted by Crippen LogP contribution is 2.39. The normalized spacial score (nSPS) is 13.8. The second-order valence-electron chi connectivity index (χ2n) is 5.61. The molecule has 1 unspecified atom stereocenters. The Hall–Kier alpha value is -2.54. The van der Waals surface area contributed by atoms with Crippen molar-refractivity contribution in [3.05, 3.63) is 70.8 Å². The fourth-order valence-corrected chi connectivity index (χ4v) is 3.63. The zero-order valence-corrected chi connectivity index (χ0v) is 14.2. The Balaban J connectivity index is 2.48. The van der Waals surface area contributed by atoms with E-state index in [1.807, 2.05) is 6.07 Å². The molecule has 0 N–H and O–H groups in total.